The lowest BCUT2D eigenvalue weighted by Crippen LogP contribution is -2.53. The molecule has 1 aliphatic rings. The highest BCUT2D eigenvalue weighted by Gasteiger charge is 2.46. The number of rotatable bonds is 4. The second-order valence-corrected chi connectivity index (χ2v) is 7.02. The summed E-state index contributed by atoms with van der Waals surface area (Å²) in [6, 6.07) is 14.2. The smallest absolute Gasteiger partial charge is 0.410 e. The lowest BCUT2D eigenvalue weighted by Gasteiger charge is -2.33. The van der Waals surface area contributed by atoms with E-state index >= 15 is 0 Å². The zero-order chi connectivity index (χ0) is 19.4. The van der Waals surface area contributed by atoms with Crippen LogP contribution in [0, 0.1) is 6.92 Å². The predicted molar refractivity (Wildman–Crippen MR) is 102 cm³/mol. The van der Waals surface area contributed by atoms with Crippen LogP contribution in [0.3, 0.4) is 0 Å². The summed E-state index contributed by atoms with van der Waals surface area (Å²) < 4.78 is 5.42. The highest BCUT2D eigenvalue weighted by molar-refractivity contribution is 6.00. The summed E-state index contributed by atoms with van der Waals surface area (Å²) in [7, 11) is 0. The standard InChI is InChI=1S/C21H24N2O4/c1-15-13-17(24)9-10-18(15)22-19(25)21(2)11-6-12-23(21)20(26)27-14-16-7-4-3-5-8-16/h3-5,7-10,13,24H,6,11-12,14H2,1-2H3,(H,22,25). The highest BCUT2D eigenvalue weighted by atomic mass is 16.6. The first-order chi connectivity index (χ1) is 12.9. The number of phenolic OH excluding ortho intramolecular Hbond substituents is 1. The van der Waals surface area contributed by atoms with Crippen molar-refractivity contribution in [2.45, 2.75) is 38.8 Å². The summed E-state index contributed by atoms with van der Waals surface area (Å²) in [5.74, 6) is -0.117. The van der Waals surface area contributed by atoms with Crippen LogP contribution in [-0.2, 0) is 16.1 Å². The number of nitrogens with zero attached hydrogens (tertiary/aromatic N) is 1. The van der Waals surface area contributed by atoms with Gasteiger partial charge in [0, 0.05) is 12.2 Å². The summed E-state index contributed by atoms with van der Waals surface area (Å²) in [6.07, 6.45) is 0.811. The van der Waals surface area contributed by atoms with Gasteiger partial charge in [0.2, 0.25) is 5.91 Å². The maximum atomic E-state index is 12.9. The number of nitrogens with one attached hydrogen (secondary N) is 1. The quantitative estimate of drug-likeness (QED) is 0.804. The van der Waals surface area contributed by atoms with Gasteiger partial charge < -0.3 is 15.2 Å². The number of phenols is 1. The minimum atomic E-state index is -0.974. The Morgan fingerprint density at radius 3 is 2.67 bits per heavy atom. The molecule has 0 aliphatic carbocycles. The summed E-state index contributed by atoms with van der Waals surface area (Å²) >= 11 is 0. The van der Waals surface area contributed by atoms with Crippen molar-refractivity contribution in [1.82, 2.24) is 4.90 Å². The van der Waals surface area contributed by atoms with Crippen LogP contribution in [0.5, 0.6) is 5.75 Å². The zero-order valence-corrected chi connectivity index (χ0v) is 15.6. The number of hydrogen-bond acceptors (Lipinski definition) is 4. The Kier molecular flexibility index (Phi) is 5.35. The van der Waals surface area contributed by atoms with Gasteiger partial charge in [-0.25, -0.2) is 4.79 Å². The maximum Gasteiger partial charge on any atom is 0.410 e. The molecule has 0 spiro atoms. The van der Waals surface area contributed by atoms with E-state index in [9.17, 15) is 14.7 Å². The molecule has 1 aliphatic heterocycles. The number of ether oxygens (including phenoxy) is 1. The Labute approximate surface area is 158 Å². The summed E-state index contributed by atoms with van der Waals surface area (Å²) in [6.45, 7) is 4.21. The first-order valence-corrected chi connectivity index (χ1v) is 8.99. The van der Waals surface area contributed by atoms with Gasteiger partial charge in [-0.2, -0.15) is 0 Å². The Bertz CT molecular complexity index is 837. The topological polar surface area (TPSA) is 78.9 Å². The van der Waals surface area contributed by atoms with E-state index in [2.05, 4.69) is 5.32 Å². The van der Waals surface area contributed by atoms with E-state index in [4.69, 9.17) is 4.74 Å². The molecule has 142 valence electrons. The van der Waals surface area contributed by atoms with Crippen LogP contribution < -0.4 is 5.32 Å². The summed E-state index contributed by atoms with van der Waals surface area (Å²) in [5, 5.41) is 12.4. The minimum Gasteiger partial charge on any atom is -0.508 e. The molecule has 2 amide bonds. The summed E-state index contributed by atoms with van der Waals surface area (Å²) in [4.78, 5) is 27.0. The van der Waals surface area contributed by atoms with Crippen molar-refractivity contribution in [3.63, 3.8) is 0 Å². The van der Waals surface area contributed by atoms with Crippen molar-refractivity contribution >= 4 is 17.7 Å². The number of carbonyl (C=O) groups is 2. The molecule has 2 aromatic carbocycles. The largest absolute Gasteiger partial charge is 0.508 e. The zero-order valence-electron chi connectivity index (χ0n) is 15.6. The third kappa shape index (κ3) is 4.05. The number of anilines is 1. The molecule has 6 nitrogen and oxygen atoms in total. The lowest BCUT2D eigenvalue weighted by atomic mass is 9.97. The third-order valence-electron chi connectivity index (χ3n) is 5.01. The van der Waals surface area contributed by atoms with E-state index < -0.39 is 11.6 Å². The molecule has 1 unspecified atom stereocenters. The number of hydrogen-bond donors (Lipinski definition) is 2. The first kappa shape index (κ1) is 18.8. The predicted octanol–water partition coefficient (Wildman–Crippen LogP) is 3.83. The molecule has 0 radical (unpaired) electrons. The van der Waals surface area contributed by atoms with E-state index in [1.54, 1.807) is 26.0 Å². The third-order valence-corrected chi connectivity index (χ3v) is 5.01. The van der Waals surface area contributed by atoms with Gasteiger partial charge in [-0.3, -0.25) is 9.69 Å². The molecule has 27 heavy (non-hydrogen) atoms. The van der Waals surface area contributed by atoms with E-state index in [1.807, 2.05) is 30.3 Å². The Morgan fingerprint density at radius 1 is 1.22 bits per heavy atom. The molecule has 2 aromatic rings. The van der Waals surface area contributed by atoms with Crippen LogP contribution in [0.2, 0.25) is 0 Å². The van der Waals surface area contributed by atoms with Crippen LogP contribution in [0.4, 0.5) is 10.5 Å². The average Bonchev–Trinajstić information content (AvgIpc) is 3.06. The normalized spacial score (nSPS) is 19.0. The number of amides is 2. The fourth-order valence-corrected chi connectivity index (χ4v) is 3.33. The van der Waals surface area contributed by atoms with Gasteiger partial charge in [-0.1, -0.05) is 30.3 Å². The molecule has 6 heteroatoms. The maximum absolute atomic E-state index is 12.9. The molecule has 1 heterocycles. The van der Waals surface area contributed by atoms with E-state index in [0.29, 0.717) is 18.7 Å². The molecule has 0 bridgehead atoms. The van der Waals surface area contributed by atoms with Gasteiger partial charge >= 0.3 is 6.09 Å². The van der Waals surface area contributed by atoms with Crippen molar-refractivity contribution in [2.75, 3.05) is 11.9 Å². The molecule has 0 aromatic heterocycles. The van der Waals surface area contributed by atoms with Crippen LogP contribution in [0.1, 0.15) is 30.9 Å². The molecule has 2 N–H and O–H groups in total. The Morgan fingerprint density at radius 2 is 1.96 bits per heavy atom. The number of carbonyl (C=O) groups excluding carboxylic acids is 2. The van der Waals surface area contributed by atoms with Gasteiger partial charge in [0.1, 0.15) is 17.9 Å². The van der Waals surface area contributed by atoms with Crippen molar-refractivity contribution in [2.24, 2.45) is 0 Å². The number of likely N-dealkylation sites (tertiary alicyclic amines) is 1. The molecule has 0 saturated carbocycles. The van der Waals surface area contributed by atoms with Gasteiger partial charge in [-0.05, 0) is 56.0 Å². The number of aromatic hydroxyl groups is 1. The van der Waals surface area contributed by atoms with Crippen LogP contribution >= 0.6 is 0 Å². The number of benzene rings is 2. The Hall–Kier alpha value is -3.02. The van der Waals surface area contributed by atoms with Gasteiger partial charge in [0.25, 0.3) is 0 Å². The fraction of sp³-hybridized carbons (Fsp3) is 0.333. The van der Waals surface area contributed by atoms with Crippen molar-refractivity contribution in [3.05, 3.63) is 59.7 Å². The van der Waals surface area contributed by atoms with E-state index in [-0.39, 0.29) is 18.3 Å². The molecule has 1 atom stereocenters. The molecular weight excluding hydrogens is 344 g/mol. The summed E-state index contributed by atoms with van der Waals surface area (Å²) in [5.41, 5.74) is 1.29. The van der Waals surface area contributed by atoms with Gasteiger partial charge in [0.05, 0.1) is 0 Å². The average molecular weight is 368 g/mol. The second-order valence-electron chi connectivity index (χ2n) is 7.02. The minimum absolute atomic E-state index is 0.142. The highest BCUT2D eigenvalue weighted by Crippen LogP contribution is 2.32. The van der Waals surface area contributed by atoms with E-state index in [0.717, 1.165) is 17.5 Å². The fourth-order valence-electron chi connectivity index (χ4n) is 3.33. The van der Waals surface area contributed by atoms with Crippen molar-refractivity contribution in [1.29, 1.82) is 0 Å². The molecule has 1 fully saturated rings. The van der Waals surface area contributed by atoms with Gasteiger partial charge in [0.15, 0.2) is 0 Å². The van der Waals surface area contributed by atoms with Gasteiger partial charge in [-0.15, -0.1) is 0 Å². The van der Waals surface area contributed by atoms with Crippen LogP contribution in [0.25, 0.3) is 0 Å². The number of aryl methyl sites for hydroxylation is 1. The first-order valence-electron chi connectivity index (χ1n) is 8.99. The monoisotopic (exact) mass is 368 g/mol. The lowest BCUT2D eigenvalue weighted by molar-refractivity contribution is -0.125. The molecular formula is C21H24N2O4. The van der Waals surface area contributed by atoms with Crippen molar-refractivity contribution in [3.8, 4) is 5.75 Å². The molecule has 1 saturated heterocycles. The SMILES string of the molecule is Cc1cc(O)ccc1NC(=O)C1(C)CCCN1C(=O)OCc1ccccc1. The van der Waals surface area contributed by atoms with Crippen LogP contribution in [0.15, 0.2) is 48.5 Å². The van der Waals surface area contributed by atoms with E-state index in [1.165, 1.54) is 11.0 Å². The second kappa shape index (κ2) is 7.70. The van der Waals surface area contributed by atoms with Crippen molar-refractivity contribution < 1.29 is 19.4 Å². The molecule has 3 rings (SSSR count). The van der Waals surface area contributed by atoms with Crippen LogP contribution in [-0.4, -0.2) is 34.1 Å². The Balaban J connectivity index is 1.69.